The SMILES string of the molecule is CNC(=O)COc1cccc(NC(=O)c2cc(C3CC3)nc3c2c(C)nn3C)c1. The van der Waals surface area contributed by atoms with Gasteiger partial charge in [-0.2, -0.15) is 5.10 Å². The van der Waals surface area contributed by atoms with Crippen LogP contribution in [-0.4, -0.2) is 40.2 Å². The predicted molar refractivity (Wildman–Crippen MR) is 109 cm³/mol. The van der Waals surface area contributed by atoms with E-state index in [1.54, 1.807) is 36.0 Å². The Bertz CT molecular complexity index is 1100. The summed E-state index contributed by atoms with van der Waals surface area (Å²) in [6, 6.07) is 8.86. The van der Waals surface area contributed by atoms with E-state index in [4.69, 9.17) is 9.72 Å². The Hall–Kier alpha value is -3.42. The third-order valence-electron chi connectivity index (χ3n) is 4.97. The molecule has 3 aromatic rings. The second-order valence-electron chi connectivity index (χ2n) is 7.22. The molecule has 8 nitrogen and oxygen atoms in total. The van der Waals surface area contributed by atoms with E-state index < -0.39 is 0 Å². The fraction of sp³-hybridized carbons (Fsp3) is 0.333. The van der Waals surface area contributed by atoms with Crippen molar-refractivity contribution in [3.8, 4) is 5.75 Å². The number of rotatable bonds is 6. The molecule has 4 rings (SSSR count). The zero-order valence-corrected chi connectivity index (χ0v) is 16.7. The normalized spacial score (nSPS) is 13.3. The predicted octanol–water partition coefficient (Wildman–Crippen LogP) is 2.53. The first-order valence-corrected chi connectivity index (χ1v) is 9.55. The zero-order chi connectivity index (χ0) is 20.5. The number of benzene rings is 1. The third-order valence-corrected chi connectivity index (χ3v) is 4.97. The maximum absolute atomic E-state index is 13.1. The maximum atomic E-state index is 13.1. The number of anilines is 1. The largest absolute Gasteiger partial charge is 0.484 e. The molecule has 1 aliphatic rings. The van der Waals surface area contributed by atoms with Crippen LogP contribution >= 0.6 is 0 Å². The molecular formula is C21H23N5O3. The van der Waals surface area contributed by atoms with E-state index in [0.717, 1.165) is 35.3 Å². The van der Waals surface area contributed by atoms with Crippen LogP contribution in [0.5, 0.6) is 5.75 Å². The van der Waals surface area contributed by atoms with Crippen molar-refractivity contribution in [3.05, 3.63) is 47.3 Å². The van der Waals surface area contributed by atoms with Crippen LogP contribution < -0.4 is 15.4 Å². The summed E-state index contributed by atoms with van der Waals surface area (Å²) in [7, 11) is 3.39. The number of carbonyl (C=O) groups is 2. The van der Waals surface area contributed by atoms with Gasteiger partial charge in [-0.05, 0) is 38.0 Å². The number of ether oxygens (including phenoxy) is 1. The molecule has 1 aliphatic carbocycles. The van der Waals surface area contributed by atoms with Crippen molar-refractivity contribution in [3.63, 3.8) is 0 Å². The Morgan fingerprint density at radius 2 is 2.07 bits per heavy atom. The highest BCUT2D eigenvalue weighted by Gasteiger charge is 2.28. The van der Waals surface area contributed by atoms with Crippen molar-refractivity contribution < 1.29 is 14.3 Å². The number of fused-ring (bicyclic) bond motifs is 1. The molecule has 0 saturated heterocycles. The van der Waals surface area contributed by atoms with Crippen molar-refractivity contribution in [2.24, 2.45) is 7.05 Å². The fourth-order valence-electron chi connectivity index (χ4n) is 3.31. The number of nitrogens with zero attached hydrogens (tertiary/aromatic N) is 3. The smallest absolute Gasteiger partial charge is 0.257 e. The number of aromatic nitrogens is 3. The first-order valence-electron chi connectivity index (χ1n) is 9.55. The van der Waals surface area contributed by atoms with Crippen LogP contribution in [0.3, 0.4) is 0 Å². The number of carbonyl (C=O) groups excluding carboxylic acids is 2. The molecule has 2 N–H and O–H groups in total. The Balaban J connectivity index is 1.62. The van der Waals surface area contributed by atoms with Gasteiger partial charge in [0.25, 0.3) is 11.8 Å². The molecule has 0 atom stereocenters. The Morgan fingerprint density at radius 3 is 2.79 bits per heavy atom. The number of hydrogen-bond acceptors (Lipinski definition) is 5. The quantitative estimate of drug-likeness (QED) is 0.671. The van der Waals surface area contributed by atoms with E-state index >= 15 is 0 Å². The van der Waals surface area contributed by atoms with Crippen molar-refractivity contribution in [2.45, 2.75) is 25.7 Å². The second-order valence-corrected chi connectivity index (χ2v) is 7.22. The molecule has 2 aromatic heterocycles. The fourth-order valence-corrected chi connectivity index (χ4v) is 3.31. The highest BCUT2D eigenvalue weighted by atomic mass is 16.5. The Labute approximate surface area is 168 Å². The molecule has 2 amide bonds. The van der Waals surface area contributed by atoms with E-state index in [9.17, 15) is 9.59 Å². The molecule has 150 valence electrons. The van der Waals surface area contributed by atoms with Crippen LogP contribution in [0.2, 0.25) is 0 Å². The molecule has 0 spiro atoms. The average molecular weight is 393 g/mol. The summed E-state index contributed by atoms with van der Waals surface area (Å²) in [5, 5.41) is 10.6. The van der Waals surface area contributed by atoms with Crippen LogP contribution in [0.25, 0.3) is 11.0 Å². The van der Waals surface area contributed by atoms with E-state index in [1.165, 1.54) is 0 Å². The van der Waals surface area contributed by atoms with E-state index in [2.05, 4.69) is 15.7 Å². The number of nitrogens with one attached hydrogen (secondary N) is 2. The summed E-state index contributed by atoms with van der Waals surface area (Å²) in [5.74, 6) is 0.474. The van der Waals surface area contributed by atoms with Crippen molar-refractivity contribution in [1.29, 1.82) is 0 Å². The minimum absolute atomic E-state index is 0.0848. The number of amides is 2. The lowest BCUT2D eigenvalue weighted by Crippen LogP contribution is -2.24. The highest BCUT2D eigenvalue weighted by molar-refractivity contribution is 6.12. The summed E-state index contributed by atoms with van der Waals surface area (Å²) in [5.41, 5.74) is 3.58. The van der Waals surface area contributed by atoms with Crippen LogP contribution in [0, 0.1) is 6.92 Å². The van der Waals surface area contributed by atoms with Gasteiger partial charge in [0.1, 0.15) is 5.75 Å². The van der Waals surface area contributed by atoms with Crippen LogP contribution in [0.1, 0.15) is 40.5 Å². The van der Waals surface area contributed by atoms with Gasteiger partial charge in [0, 0.05) is 37.5 Å². The van der Waals surface area contributed by atoms with Gasteiger partial charge in [-0.25, -0.2) is 4.98 Å². The van der Waals surface area contributed by atoms with Crippen LogP contribution in [-0.2, 0) is 11.8 Å². The summed E-state index contributed by atoms with van der Waals surface area (Å²) in [6.07, 6.45) is 2.20. The number of pyridine rings is 1. The molecule has 29 heavy (non-hydrogen) atoms. The van der Waals surface area contributed by atoms with Gasteiger partial charge in [0.05, 0.1) is 16.6 Å². The second kappa shape index (κ2) is 7.54. The zero-order valence-electron chi connectivity index (χ0n) is 16.7. The minimum Gasteiger partial charge on any atom is -0.484 e. The van der Waals surface area contributed by atoms with Crippen molar-refractivity contribution in [1.82, 2.24) is 20.1 Å². The molecular weight excluding hydrogens is 370 g/mol. The monoisotopic (exact) mass is 393 g/mol. The first kappa shape index (κ1) is 18.9. The lowest BCUT2D eigenvalue weighted by Gasteiger charge is -2.11. The molecule has 2 heterocycles. The van der Waals surface area contributed by atoms with Gasteiger partial charge >= 0.3 is 0 Å². The van der Waals surface area contributed by atoms with Gasteiger partial charge in [0.2, 0.25) is 0 Å². The van der Waals surface area contributed by atoms with Gasteiger partial charge in [-0.15, -0.1) is 0 Å². The number of hydrogen-bond donors (Lipinski definition) is 2. The number of likely N-dealkylation sites (N-methyl/N-ethyl adjacent to an activating group) is 1. The summed E-state index contributed by atoms with van der Waals surface area (Å²) in [6.45, 7) is 1.79. The molecule has 1 saturated carbocycles. The Morgan fingerprint density at radius 1 is 1.28 bits per heavy atom. The van der Waals surface area contributed by atoms with Crippen molar-refractivity contribution in [2.75, 3.05) is 19.0 Å². The summed E-state index contributed by atoms with van der Waals surface area (Å²) in [4.78, 5) is 29.2. The third kappa shape index (κ3) is 3.91. The van der Waals surface area contributed by atoms with Crippen LogP contribution in [0.15, 0.2) is 30.3 Å². The molecule has 1 aromatic carbocycles. The van der Waals surface area contributed by atoms with Gasteiger partial charge < -0.3 is 15.4 Å². The standard InChI is InChI=1S/C21H23N5O3/c1-12-19-16(10-17(13-7-8-13)24-20(19)26(3)25-12)21(28)23-14-5-4-6-15(9-14)29-11-18(27)22-2/h4-6,9-10,13H,7-8,11H2,1-3H3,(H,22,27)(H,23,28). The molecule has 1 fully saturated rings. The van der Waals surface area contributed by atoms with E-state index in [0.29, 0.717) is 22.9 Å². The number of aryl methyl sites for hydroxylation is 2. The molecule has 8 heteroatoms. The average Bonchev–Trinajstić information content (AvgIpc) is 3.52. The van der Waals surface area contributed by atoms with E-state index in [1.807, 2.05) is 20.0 Å². The minimum atomic E-state index is -0.224. The molecule has 0 aliphatic heterocycles. The van der Waals surface area contributed by atoms with Gasteiger partial charge in [-0.1, -0.05) is 6.07 Å². The highest BCUT2D eigenvalue weighted by Crippen LogP contribution is 2.40. The molecule has 0 unspecified atom stereocenters. The first-order chi connectivity index (χ1) is 14.0. The maximum Gasteiger partial charge on any atom is 0.257 e. The molecule has 0 bridgehead atoms. The lowest BCUT2D eigenvalue weighted by molar-refractivity contribution is -0.122. The lowest BCUT2D eigenvalue weighted by atomic mass is 10.1. The van der Waals surface area contributed by atoms with Gasteiger partial charge in [0.15, 0.2) is 12.3 Å². The summed E-state index contributed by atoms with van der Waals surface area (Å²) < 4.78 is 7.17. The van der Waals surface area contributed by atoms with E-state index in [-0.39, 0.29) is 18.4 Å². The van der Waals surface area contributed by atoms with Crippen LogP contribution in [0.4, 0.5) is 5.69 Å². The topological polar surface area (TPSA) is 98.1 Å². The molecule has 0 radical (unpaired) electrons. The summed E-state index contributed by atoms with van der Waals surface area (Å²) >= 11 is 0. The van der Waals surface area contributed by atoms with Crippen molar-refractivity contribution >= 4 is 28.5 Å². The Kier molecular flexibility index (Phi) is 4.92. The van der Waals surface area contributed by atoms with Gasteiger partial charge in [-0.3, -0.25) is 14.3 Å².